The molecule has 7 heteroatoms. The largest absolute Gasteiger partial charge is 0.495 e. The predicted octanol–water partition coefficient (Wildman–Crippen LogP) is 2.51. The average molecular weight is 318 g/mol. The number of carbonyl (C=O) groups excluding carboxylic acids is 1. The SMILES string of the molecule is C=CCn1cnnc1SCC(=O)Nc1cc(C)ccc1OC. The van der Waals surface area contributed by atoms with Gasteiger partial charge in [0.1, 0.15) is 12.1 Å². The molecule has 6 nitrogen and oxygen atoms in total. The van der Waals surface area contributed by atoms with E-state index >= 15 is 0 Å². The van der Waals surface area contributed by atoms with Crippen molar-refractivity contribution in [3.05, 3.63) is 42.7 Å². The molecule has 0 aliphatic rings. The summed E-state index contributed by atoms with van der Waals surface area (Å²) in [5, 5.41) is 11.4. The first-order valence-corrected chi connectivity index (χ1v) is 7.68. The zero-order valence-electron chi connectivity index (χ0n) is 12.6. The summed E-state index contributed by atoms with van der Waals surface area (Å²) in [6.07, 6.45) is 3.37. The maximum Gasteiger partial charge on any atom is 0.234 e. The Kier molecular flexibility index (Phi) is 5.60. The van der Waals surface area contributed by atoms with Crippen molar-refractivity contribution in [1.82, 2.24) is 14.8 Å². The van der Waals surface area contributed by atoms with E-state index in [-0.39, 0.29) is 11.7 Å². The summed E-state index contributed by atoms with van der Waals surface area (Å²) in [7, 11) is 1.58. The van der Waals surface area contributed by atoms with Crippen molar-refractivity contribution in [3.8, 4) is 5.75 Å². The fourth-order valence-electron chi connectivity index (χ4n) is 1.86. The lowest BCUT2D eigenvalue weighted by atomic mass is 10.2. The zero-order chi connectivity index (χ0) is 15.9. The van der Waals surface area contributed by atoms with Crippen molar-refractivity contribution in [1.29, 1.82) is 0 Å². The van der Waals surface area contributed by atoms with Gasteiger partial charge in [-0.2, -0.15) is 0 Å². The molecule has 2 rings (SSSR count). The standard InChI is InChI=1S/C15H18N4O2S/c1-4-7-19-10-16-18-15(19)22-9-14(20)17-12-8-11(2)5-6-13(12)21-3/h4-6,8,10H,1,7,9H2,2-3H3,(H,17,20). The monoisotopic (exact) mass is 318 g/mol. The van der Waals surface area contributed by atoms with Gasteiger partial charge >= 0.3 is 0 Å². The number of aryl methyl sites for hydroxylation is 1. The topological polar surface area (TPSA) is 69.0 Å². The summed E-state index contributed by atoms with van der Waals surface area (Å²) >= 11 is 1.33. The molecule has 2 aromatic rings. The lowest BCUT2D eigenvalue weighted by Crippen LogP contribution is -2.15. The number of rotatable bonds is 7. The van der Waals surface area contributed by atoms with Crippen LogP contribution in [-0.2, 0) is 11.3 Å². The number of hydrogen-bond acceptors (Lipinski definition) is 5. The molecule has 22 heavy (non-hydrogen) atoms. The Morgan fingerprint density at radius 1 is 1.55 bits per heavy atom. The number of benzene rings is 1. The molecule has 0 unspecified atom stereocenters. The highest BCUT2D eigenvalue weighted by Crippen LogP contribution is 2.25. The van der Waals surface area contributed by atoms with Crippen LogP contribution in [0.25, 0.3) is 0 Å². The summed E-state index contributed by atoms with van der Waals surface area (Å²) < 4.78 is 7.08. The molecule has 1 heterocycles. The third-order valence-electron chi connectivity index (χ3n) is 2.87. The van der Waals surface area contributed by atoms with Crippen LogP contribution in [0.5, 0.6) is 5.75 Å². The summed E-state index contributed by atoms with van der Waals surface area (Å²) in [6.45, 7) is 6.25. The summed E-state index contributed by atoms with van der Waals surface area (Å²) in [5.74, 6) is 0.758. The van der Waals surface area contributed by atoms with Crippen molar-refractivity contribution in [2.24, 2.45) is 0 Å². The van der Waals surface area contributed by atoms with Crippen LogP contribution in [0.2, 0.25) is 0 Å². The number of ether oxygens (including phenoxy) is 1. The first kappa shape index (κ1) is 16.1. The number of thioether (sulfide) groups is 1. The van der Waals surface area contributed by atoms with Crippen LogP contribution in [0.3, 0.4) is 0 Å². The molecule has 0 fully saturated rings. The summed E-state index contributed by atoms with van der Waals surface area (Å²) in [4.78, 5) is 12.1. The second kappa shape index (κ2) is 7.65. The van der Waals surface area contributed by atoms with E-state index in [0.29, 0.717) is 23.1 Å². The van der Waals surface area contributed by atoms with E-state index < -0.39 is 0 Å². The Bertz CT molecular complexity index is 669. The molecule has 0 aliphatic heterocycles. The number of anilines is 1. The van der Waals surface area contributed by atoms with Gasteiger partial charge in [-0.1, -0.05) is 23.9 Å². The van der Waals surface area contributed by atoms with Gasteiger partial charge in [-0.3, -0.25) is 4.79 Å². The molecule has 1 N–H and O–H groups in total. The molecule has 0 aliphatic carbocycles. The number of nitrogens with zero attached hydrogens (tertiary/aromatic N) is 3. The van der Waals surface area contributed by atoms with E-state index in [4.69, 9.17) is 4.74 Å². The molecule has 0 saturated heterocycles. The number of hydrogen-bond donors (Lipinski definition) is 1. The van der Waals surface area contributed by atoms with Crippen molar-refractivity contribution >= 4 is 23.4 Å². The van der Waals surface area contributed by atoms with Crippen molar-refractivity contribution < 1.29 is 9.53 Å². The Morgan fingerprint density at radius 2 is 2.36 bits per heavy atom. The smallest absolute Gasteiger partial charge is 0.234 e. The number of allylic oxidation sites excluding steroid dienone is 1. The maximum absolute atomic E-state index is 12.1. The van der Waals surface area contributed by atoms with E-state index in [9.17, 15) is 4.79 Å². The van der Waals surface area contributed by atoms with Crippen LogP contribution in [0, 0.1) is 6.92 Å². The molecule has 116 valence electrons. The van der Waals surface area contributed by atoms with Crippen molar-refractivity contribution in [3.63, 3.8) is 0 Å². The fourth-order valence-corrected chi connectivity index (χ4v) is 2.58. The minimum atomic E-state index is -0.123. The van der Waals surface area contributed by atoms with E-state index in [1.54, 1.807) is 19.5 Å². The third-order valence-corrected chi connectivity index (χ3v) is 3.85. The summed E-state index contributed by atoms with van der Waals surface area (Å²) in [6, 6.07) is 5.64. The second-order valence-corrected chi connectivity index (χ2v) is 5.54. The van der Waals surface area contributed by atoms with Crippen LogP contribution in [0.15, 0.2) is 42.3 Å². The Balaban J connectivity index is 1.97. The van der Waals surface area contributed by atoms with Crippen molar-refractivity contribution in [2.75, 3.05) is 18.2 Å². The van der Waals surface area contributed by atoms with Gasteiger partial charge in [0.05, 0.1) is 18.6 Å². The molecule has 0 bridgehead atoms. The van der Waals surface area contributed by atoms with Gasteiger partial charge in [0.2, 0.25) is 5.91 Å². The van der Waals surface area contributed by atoms with Crippen LogP contribution in [0.1, 0.15) is 5.56 Å². The number of nitrogens with one attached hydrogen (secondary N) is 1. The molecule has 0 spiro atoms. The van der Waals surface area contributed by atoms with Crippen LogP contribution in [-0.4, -0.2) is 33.5 Å². The van der Waals surface area contributed by atoms with Gasteiger partial charge in [-0.15, -0.1) is 16.8 Å². The molecule has 0 saturated carbocycles. The minimum absolute atomic E-state index is 0.123. The minimum Gasteiger partial charge on any atom is -0.495 e. The second-order valence-electron chi connectivity index (χ2n) is 4.60. The van der Waals surface area contributed by atoms with Gasteiger partial charge in [0.25, 0.3) is 0 Å². The molecule has 1 amide bonds. The van der Waals surface area contributed by atoms with E-state index in [1.807, 2.05) is 29.7 Å². The fraction of sp³-hybridized carbons (Fsp3) is 0.267. The van der Waals surface area contributed by atoms with Gasteiger partial charge in [-0.05, 0) is 24.6 Å². The Morgan fingerprint density at radius 3 is 3.09 bits per heavy atom. The molecule has 1 aromatic heterocycles. The number of aromatic nitrogens is 3. The number of methoxy groups -OCH3 is 1. The van der Waals surface area contributed by atoms with Crippen molar-refractivity contribution in [2.45, 2.75) is 18.6 Å². The van der Waals surface area contributed by atoms with E-state index in [1.165, 1.54) is 11.8 Å². The highest BCUT2D eigenvalue weighted by Gasteiger charge is 2.11. The summed E-state index contributed by atoms with van der Waals surface area (Å²) in [5.41, 5.74) is 1.72. The molecular formula is C15H18N4O2S. The molecule has 0 atom stereocenters. The molecular weight excluding hydrogens is 300 g/mol. The van der Waals surface area contributed by atoms with Crippen LogP contribution in [0.4, 0.5) is 5.69 Å². The average Bonchev–Trinajstić information content (AvgIpc) is 2.93. The van der Waals surface area contributed by atoms with E-state index in [2.05, 4.69) is 22.1 Å². The quantitative estimate of drug-likeness (QED) is 0.627. The van der Waals surface area contributed by atoms with Gasteiger partial charge in [0.15, 0.2) is 5.16 Å². The Hall–Kier alpha value is -2.28. The zero-order valence-corrected chi connectivity index (χ0v) is 13.4. The predicted molar refractivity (Wildman–Crippen MR) is 87.3 cm³/mol. The van der Waals surface area contributed by atoms with Gasteiger partial charge < -0.3 is 14.6 Å². The third kappa shape index (κ3) is 4.11. The number of carbonyl (C=O) groups is 1. The van der Waals surface area contributed by atoms with Gasteiger partial charge in [-0.25, -0.2) is 0 Å². The Labute approximate surface area is 133 Å². The highest BCUT2D eigenvalue weighted by atomic mass is 32.2. The lowest BCUT2D eigenvalue weighted by Gasteiger charge is -2.10. The first-order valence-electron chi connectivity index (χ1n) is 6.70. The normalized spacial score (nSPS) is 10.3. The van der Waals surface area contributed by atoms with Gasteiger partial charge in [0, 0.05) is 6.54 Å². The van der Waals surface area contributed by atoms with Crippen LogP contribution < -0.4 is 10.1 Å². The maximum atomic E-state index is 12.1. The van der Waals surface area contributed by atoms with E-state index in [0.717, 1.165) is 5.56 Å². The van der Waals surface area contributed by atoms with Crippen LogP contribution >= 0.6 is 11.8 Å². The molecule has 0 radical (unpaired) electrons. The lowest BCUT2D eigenvalue weighted by molar-refractivity contribution is -0.113. The number of amides is 1. The molecule has 1 aromatic carbocycles. The highest BCUT2D eigenvalue weighted by molar-refractivity contribution is 7.99. The first-order chi connectivity index (χ1) is 10.6.